The number of thioether (sulfide) groups is 1. The highest BCUT2D eigenvalue weighted by atomic mass is 32.2. The molecule has 120 valence electrons. The van der Waals surface area contributed by atoms with Crippen molar-refractivity contribution in [2.24, 2.45) is 5.92 Å². The fourth-order valence-corrected chi connectivity index (χ4v) is 3.78. The standard InChI is InChI=1S/C16H24N4OS/c1-11-5-6-17-15(18-11)14(13-3-4-13)19-16(21)12(2)20-7-9-22-10-8-20/h5-6,12-14H,3-4,7-10H2,1-2H3,(H,19,21)/t12-,14-/m1/s1. The molecule has 5 nitrogen and oxygen atoms in total. The molecule has 1 aliphatic carbocycles. The molecule has 6 heteroatoms. The summed E-state index contributed by atoms with van der Waals surface area (Å²) in [6, 6.07) is 1.78. The molecule has 1 aromatic rings. The van der Waals surface area contributed by atoms with Gasteiger partial charge in [0.1, 0.15) is 0 Å². The van der Waals surface area contributed by atoms with Crippen molar-refractivity contribution < 1.29 is 4.79 Å². The van der Waals surface area contributed by atoms with Crippen LogP contribution in [0.1, 0.15) is 37.3 Å². The van der Waals surface area contributed by atoms with Gasteiger partial charge >= 0.3 is 0 Å². The summed E-state index contributed by atoms with van der Waals surface area (Å²) in [4.78, 5) is 23.8. The Morgan fingerprint density at radius 3 is 2.77 bits per heavy atom. The number of aromatic nitrogens is 2. The van der Waals surface area contributed by atoms with E-state index < -0.39 is 0 Å². The third-order valence-corrected chi connectivity index (χ3v) is 5.40. The fourth-order valence-electron chi connectivity index (χ4n) is 2.85. The zero-order valence-corrected chi connectivity index (χ0v) is 14.1. The topological polar surface area (TPSA) is 58.1 Å². The van der Waals surface area contributed by atoms with Crippen molar-refractivity contribution in [3.63, 3.8) is 0 Å². The number of nitrogens with zero attached hydrogens (tertiary/aromatic N) is 3. The molecule has 0 bridgehead atoms. The molecule has 0 unspecified atom stereocenters. The smallest absolute Gasteiger partial charge is 0.237 e. The molecular formula is C16H24N4OS. The molecular weight excluding hydrogens is 296 g/mol. The van der Waals surface area contributed by atoms with Gasteiger partial charge in [-0.05, 0) is 38.7 Å². The predicted molar refractivity (Wildman–Crippen MR) is 88.7 cm³/mol. The van der Waals surface area contributed by atoms with E-state index in [2.05, 4.69) is 20.2 Å². The summed E-state index contributed by atoms with van der Waals surface area (Å²) in [6.07, 6.45) is 4.08. The van der Waals surface area contributed by atoms with Gasteiger partial charge in [0.15, 0.2) is 5.82 Å². The lowest BCUT2D eigenvalue weighted by molar-refractivity contribution is -0.126. The molecule has 3 rings (SSSR count). The zero-order valence-electron chi connectivity index (χ0n) is 13.3. The lowest BCUT2D eigenvalue weighted by atomic mass is 10.1. The van der Waals surface area contributed by atoms with Crippen molar-refractivity contribution >= 4 is 17.7 Å². The molecule has 1 saturated carbocycles. The summed E-state index contributed by atoms with van der Waals surface area (Å²) in [5.41, 5.74) is 0.950. The van der Waals surface area contributed by atoms with Crippen molar-refractivity contribution in [3.05, 3.63) is 23.8 Å². The van der Waals surface area contributed by atoms with Crippen LogP contribution in [0.2, 0.25) is 0 Å². The Balaban J connectivity index is 1.67. The van der Waals surface area contributed by atoms with E-state index in [0.29, 0.717) is 5.92 Å². The van der Waals surface area contributed by atoms with Crippen LogP contribution in [0.25, 0.3) is 0 Å². The van der Waals surface area contributed by atoms with Crippen LogP contribution in [0, 0.1) is 12.8 Å². The minimum absolute atomic E-state index is 0.0333. The normalized spacial score (nSPS) is 22.1. The molecule has 2 heterocycles. The fraction of sp³-hybridized carbons (Fsp3) is 0.688. The number of carbonyl (C=O) groups is 1. The molecule has 22 heavy (non-hydrogen) atoms. The molecule has 1 N–H and O–H groups in total. The minimum Gasteiger partial charge on any atom is -0.344 e. The van der Waals surface area contributed by atoms with E-state index in [1.54, 1.807) is 6.20 Å². The predicted octanol–water partition coefficient (Wildman–Crippen LogP) is 1.79. The minimum atomic E-state index is -0.0769. The third kappa shape index (κ3) is 3.79. The van der Waals surface area contributed by atoms with E-state index in [9.17, 15) is 4.79 Å². The van der Waals surface area contributed by atoms with E-state index in [-0.39, 0.29) is 18.0 Å². The Hall–Kier alpha value is -1.14. The quantitative estimate of drug-likeness (QED) is 0.896. The summed E-state index contributed by atoms with van der Waals surface area (Å²) in [5.74, 6) is 3.59. The van der Waals surface area contributed by atoms with Gasteiger partial charge in [0, 0.05) is 36.5 Å². The van der Waals surface area contributed by atoms with Crippen LogP contribution in [0.15, 0.2) is 12.3 Å². The van der Waals surface area contributed by atoms with Gasteiger partial charge in [0.2, 0.25) is 5.91 Å². The van der Waals surface area contributed by atoms with Crippen LogP contribution in [-0.2, 0) is 4.79 Å². The maximum atomic E-state index is 12.6. The number of hydrogen-bond acceptors (Lipinski definition) is 5. The van der Waals surface area contributed by atoms with Gasteiger partial charge in [0.05, 0.1) is 12.1 Å². The maximum Gasteiger partial charge on any atom is 0.237 e. The second kappa shape index (κ2) is 6.96. The number of amides is 1. The van der Waals surface area contributed by atoms with Crippen molar-refractivity contribution in [2.45, 2.75) is 38.8 Å². The summed E-state index contributed by atoms with van der Waals surface area (Å²) < 4.78 is 0. The van der Waals surface area contributed by atoms with Crippen LogP contribution < -0.4 is 5.32 Å². The first-order valence-corrected chi connectivity index (χ1v) is 9.22. The highest BCUT2D eigenvalue weighted by molar-refractivity contribution is 7.99. The molecule has 2 aliphatic rings. The van der Waals surface area contributed by atoms with Crippen molar-refractivity contribution in [1.29, 1.82) is 0 Å². The van der Waals surface area contributed by atoms with Gasteiger partial charge in [-0.2, -0.15) is 11.8 Å². The Morgan fingerprint density at radius 2 is 2.14 bits per heavy atom. The number of rotatable bonds is 5. The number of aryl methyl sites for hydroxylation is 1. The van der Waals surface area contributed by atoms with E-state index in [1.807, 2.05) is 31.7 Å². The van der Waals surface area contributed by atoms with Crippen molar-refractivity contribution in [1.82, 2.24) is 20.2 Å². The van der Waals surface area contributed by atoms with E-state index >= 15 is 0 Å². The summed E-state index contributed by atoms with van der Waals surface area (Å²) in [6.45, 7) is 5.96. The molecule has 2 fully saturated rings. The molecule has 2 atom stereocenters. The zero-order chi connectivity index (χ0) is 15.5. The number of carbonyl (C=O) groups excluding carboxylic acids is 1. The average molecular weight is 320 g/mol. The average Bonchev–Trinajstić information content (AvgIpc) is 3.37. The van der Waals surface area contributed by atoms with E-state index in [1.165, 1.54) is 0 Å². The maximum absolute atomic E-state index is 12.6. The molecule has 0 aromatic carbocycles. The van der Waals surface area contributed by atoms with Crippen LogP contribution in [0.5, 0.6) is 0 Å². The Kier molecular flexibility index (Phi) is 4.98. The van der Waals surface area contributed by atoms with E-state index in [4.69, 9.17) is 0 Å². The first-order chi connectivity index (χ1) is 10.6. The Bertz CT molecular complexity index is 529. The van der Waals surface area contributed by atoms with Crippen LogP contribution >= 0.6 is 11.8 Å². The summed E-state index contributed by atoms with van der Waals surface area (Å²) in [5, 5.41) is 3.21. The van der Waals surface area contributed by atoms with Crippen LogP contribution in [-0.4, -0.2) is 51.4 Å². The molecule has 0 radical (unpaired) electrons. The molecule has 1 saturated heterocycles. The van der Waals surface area contributed by atoms with Crippen molar-refractivity contribution in [2.75, 3.05) is 24.6 Å². The number of hydrogen-bond donors (Lipinski definition) is 1. The first-order valence-electron chi connectivity index (χ1n) is 8.07. The van der Waals surface area contributed by atoms with Gasteiger partial charge < -0.3 is 5.32 Å². The number of nitrogens with one attached hydrogen (secondary N) is 1. The monoisotopic (exact) mass is 320 g/mol. The summed E-state index contributed by atoms with van der Waals surface area (Å²) >= 11 is 1.96. The first kappa shape index (κ1) is 15.7. The molecule has 0 spiro atoms. The third-order valence-electron chi connectivity index (χ3n) is 4.46. The van der Waals surface area contributed by atoms with Gasteiger partial charge in [-0.3, -0.25) is 9.69 Å². The van der Waals surface area contributed by atoms with E-state index in [0.717, 1.165) is 49.0 Å². The lowest BCUT2D eigenvalue weighted by Gasteiger charge is -2.32. The molecule has 1 aliphatic heterocycles. The highest BCUT2D eigenvalue weighted by Gasteiger charge is 2.36. The highest BCUT2D eigenvalue weighted by Crippen LogP contribution is 2.40. The summed E-state index contributed by atoms with van der Waals surface area (Å²) in [7, 11) is 0. The van der Waals surface area contributed by atoms with Gasteiger partial charge in [-0.15, -0.1) is 0 Å². The Labute approximate surface area is 136 Å². The molecule has 1 amide bonds. The van der Waals surface area contributed by atoms with Crippen molar-refractivity contribution in [3.8, 4) is 0 Å². The van der Waals surface area contributed by atoms with Gasteiger partial charge in [0.25, 0.3) is 0 Å². The van der Waals surface area contributed by atoms with Gasteiger partial charge in [-0.25, -0.2) is 9.97 Å². The van der Waals surface area contributed by atoms with Gasteiger partial charge in [-0.1, -0.05) is 0 Å². The second-order valence-corrected chi connectivity index (χ2v) is 7.43. The lowest BCUT2D eigenvalue weighted by Crippen LogP contribution is -2.49. The SMILES string of the molecule is Cc1ccnc([C@H](NC(=O)[C@@H](C)N2CCSCC2)C2CC2)n1. The van der Waals surface area contributed by atoms with Crippen LogP contribution in [0.3, 0.4) is 0 Å². The Morgan fingerprint density at radius 1 is 1.41 bits per heavy atom. The largest absolute Gasteiger partial charge is 0.344 e. The molecule has 1 aromatic heterocycles. The van der Waals surface area contributed by atoms with Crippen LogP contribution in [0.4, 0.5) is 0 Å². The second-order valence-electron chi connectivity index (χ2n) is 6.20.